The SMILES string of the molecule is COc1cc(Cc2c(F)cccc2Cl)ccc1C=O. The van der Waals surface area contributed by atoms with Crippen LogP contribution in [0.1, 0.15) is 21.5 Å². The summed E-state index contributed by atoms with van der Waals surface area (Å²) in [7, 11) is 1.49. The molecule has 0 aliphatic carbocycles. The maximum Gasteiger partial charge on any atom is 0.153 e. The summed E-state index contributed by atoms with van der Waals surface area (Å²) >= 11 is 5.98. The van der Waals surface area contributed by atoms with Crippen LogP contribution in [0, 0.1) is 5.82 Å². The summed E-state index contributed by atoms with van der Waals surface area (Å²) in [5.41, 5.74) is 1.73. The lowest BCUT2D eigenvalue weighted by molar-refractivity contribution is 0.112. The highest BCUT2D eigenvalue weighted by atomic mass is 35.5. The van der Waals surface area contributed by atoms with Gasteiger partial charge in [0.2, 0.25) is 0 Å². The predicted octanol–water partition coefficient (Wildman–Crippen LogP) is 3.89. The second-order valence-corrected chi connectivity index (χ2v) is 4.48. The number of rotatable bonds is 4. The Bertz CT molecular complexity index is 591. The number of methoxy groups -OCH3 is 1. The van der Waals surface area contributed by atoms with E-state index in [-0.39, 0.29) is 5.82 Å². The molecular formula is C15H12ClFO2. The molecule has 0 fully saturated rings. The van der Waals surface area contributed by atoms with Crippen LogP contribution in [0.15, 0.2) is 36.4 Å². The lowest BCUT2D eigenvalue weighted by Crippen LogP contribution is -1.97. The van der Waals surface area contributed by atoms with Gasteiger partial charge in [0.05, 0.1) is 12.7 Å². The zero-order valence-corrected chi connectivity index (χ0v) is 11.1. The Kier molecular flexibility index (Phi) is 4.17. The van der Waals surface area contributed by atoms with E-state index in [1.165, 1.54) is 13.2 Å². The molecule has 98 valence electrons. The van der Waals surface area contributed by atoms with Crippen LogP contribution < -0.4 is 4.74 Å². The zero-order valence-electron chi connectivity index (χ0n) is 10.3. The Hall–Kier alpha value is -1.87. The average Bonchev–Trinajstić information content (AvgIpc) is 2.42. The van der Waals surface area contributed by atoms with E-state index in [9.17, 15) is 9.18 Å². The van der Waals surface area contributed by atoms with Gasteiger partial charge in [-0.2, -0.15) is 0 Å². The van der Waals surface area contributed by atoms with Gasteiger partial charge < -0.3 is 4.74 Å². The largest absolute Gasteiger partial charge is 0.496 e. The molecule has 0 radical (unpaired) electrons. The number of aldehydes is 1. The molecule has 0 atom stereocenters. The maximum absolute atomic E-state index is 13.7. The highest BCUT2D eigenvalue weighted by Crippen LogP contribution is 2.25. The van der Waals surface area contributed by atoms with Gasteiger partial charge in [-0.3, -0.25) is 4.79 Å². The van der Waals surface area contributed by atoms with E-state index in [1.807, 2.05) is 0 Å². The summed E-state index contributed by atoms with van der Waals surface area (Å²) in [5, 5.41) is 0.387. The molecule has 2 rings (SSSR count). The van der Waals surface area contributed by atoms with Crippen LogP contribution in [0.3, 0.4) is 0 Å². The van der Waals surface area contributed by atoms with Crippen LogP contribution in [0.5, 0.6) is 5.75 Å². The molecule has 0 saturated carbocycles. The smallest absolute Gasteiger partial charge is 0.153 e. The van der Waals surface area contributed by atoms with Crippen LogP contribution in [-0.2, 0) is 6.42 Å². The molecule has 0 aliphatic rings. The Morgan fingerprint density at radius 3 is 2.74 bits per heavy atom. The first-order valence-corrected chi connectivity index (χ1v) is 6.08. The highest BCUT2D eigenvalue weighted by molar-refractivity contribution is 6.31. The van der Waals surface area contributed by atoms with Crippen molar-refractivity contribution in [3.8, 4) is 5.75 Å². The predicted molar refractivity (Wildman–Crippen MR) is 72.6 cm³/mol. The maximum atomic E-state index is 13.7. The first kappa shape index (κ1) is 13.6. The van der Waals surface area contributed by atoms with Crippen LogP contribution in [0.4, 0.5) is 4.39 Å². The molecule has 0 bridgehead atoms. The van der Waals surface area contributed by atoms with E-state index in [0.717, 1.165) is 11.8 Å². The van der Waals surface area contributed by atoms with E-state index in [0.29, 0.717) is 28.3 Å². The second kappa shape index (κ2) is 5.85. The third-order valence-electron chi connectivity index (χ3n) is 2.87. The minimum absolute atomic E-state index is 0.342. The molecule has 0 saturated heterocycles. The number of hydrogen-bond acceptors (Lipinski definition) is 2. The Balaban J connectivity index is 2.36. The summed E-state index contributed by atoms with van der Waals surface area (Å²) in [4.78, 5) is 10.8. The normalized spacial score (nSPS) is 10.3. The van der Waals surface area contributed by atoms with Crippen molar-refractivity contribution in [2.45, 2.75) is 6.42 Å². The standard InChI is InChI=1S/C15H12ClFO2/c1-19-15-8-10(5-6-11(15)9-18)7-12-13(16)3-2-4-14(12)17/h2-6,8-9H,7H2,1H3. The molecule has 0 spiro atoms. The first-order valence-electron chi connectivity index (χ1n) is 5.70. The number of ether oxygens (including phenoxy) is 1. The van der Waals surface area contributed by atoms with Crippen LogP contribution in [0.25, 0.3) is 0 Å². The van der Waals surface area contributed by atoms with Crippen molar-refractivity contribution in [2.24, 2.45) is 0 Å². The first-order chi connectivity index (χ1) is 9.15. The lowest BCUT2D eigenvalue weighted by Gasteiger charge is -2.09. The summed E-state index contributed by atoms with van der Waals surface area (Å²) in [6, 6.07) is 9.71. The number of hydrogen-bond donors (Lipinski definition) is 0. The van der Waals surface area contributed by atoms with E-state index < -0.39 is 0 Å². The van der Waals surface area contributed by atoms with Crippen molar-refractivity contribution in [1.29, 1.82) is 0 Å². The fourth-order valence-corrected chi connectivity index (χ4v) is 2.10. The topological polar surface area (TPSA) is 26.3 Å². The highest BCUT2D eigenvalue weighted by Gasteiger charge is 2.10. The van der Waals surface area contributed by atoms with E-state index in [2.05, 4.69) is 0 Å². The summed E-state index contributed by atoms with van der Waals surface area (Å²) in [5.74, 6) is 0.130. The number of carbonyl (C=O) groups excluding carboxylic acids is 1. The fourth-order valence-electron chi connectivity index (χ4n) is 1.87. The Morgan fingerprint density at radius 1 is 1.32 bits per heavy atom. The second-order valence-electron chi connectivity index (χ2n) is 4.07. The number of benzene rings is 2. The van der Waals surface area contributed by atoms with Gasteiger partial charge in [-0.15, -0.1) is 0 Å². The fraction of sp³-hybridized carbons (Fsp3) is 0.133. The third-order valence-corrected chi connectivity index (χ3v) is 3.22. The molecule has 4 heteroatoms. The summed E-state index contributed by atoms with van der Waals surface area (Å²) < 4.78 is 18.8. The molecular weight excluding hydrogens is 267 g/mol. The minimum Gasteiger partial charge on any atom is -0.496 e. The van der Waals surface area contributed by atoms with E-state index in [4.69, 9.17) is 16.3 Å². The molecule has 0 aromatic heterocycles. The van der Waals surface area contributed by atoms with Crippen molar-refractivity contribution < 1.29 is 13.9 Å². The van der Waals surface area contributed by atoms with Gasteiger partial charge in [-0.1, -0.05) is 23.7 Å². The summed E-state index contributed by atoms with van der Waals surface area (Å²) in [6.45, 7) is 0. The van der Waals surface area contributed by atoms with E-state index in [1.54, 1.807) is 30.3 Å². The summed E-state index contributed by atoms with van der Waals surface area (Å²) in [6.07, 6.45) is 1.07. The number of carbonyl (C=O) groups is 1. The molecule has 2 nitrogen and oxygen atoms in total. The third kappa shape index (κ3) is 2.93. The minimum atomic E-state index is -0.342. The molecule has 0 heterocycles. The van der Waals surface area contributed by atoms with Gasteiger partial charge in [0.15, 0.2) is 6.29 Å². The number of halogens is 2. The van der Waals surface area contributed by atoms with Crippen LogP contribution in [0.2, 0.25) is 5.02 Å². The van der Waals surface area contributed by atoms with Crippen LogP contribution in [-0.4, -0.2) is 13.4 Å². The Morgan fingerprint density at radius 2 is 2.11 bits per heavy atom. The molecule has 2 aromatic carbocycles. The average molecular weight is 279 g/mol. The lowest BCUT2D eigenvalue weighted by atomic mass is 10.0. The molecule has 0 amide bonds. The molecule has 0 unspecified atom stereocenters. The molecule has 0 N–H and O–H groups in total. The monoisotopic (exact) mass is 278 g/mol. The van der Waals surface area contributed by atoms with Gasteiger partial charge in [0.1, 0.15) is 11.6 Å². The van der Waals surface area contributed by atoms with Gasteiger partial charge in [0.25, 0.3) is 0 Å². The quantitative estimate of drug-likeness (QED) is 0.793. The van der Waals surface area contributed by atoms with Crippen molar-refractivity contribution in [1.82, 2.24) is 0 Å². The van der Waals surface area contributed by atoms with Gasteiger partial charge >= 0.3 is 0 Å². The van der Waals surface area contributed by atoms with Crippen molar-refractivity contribution in [2.75, 3.05) is 7.11 Å². The molecule has 19 heavy (non-hydrogen) atoms. The van der Waals surface area contributed by atoms with Crippen LogP contribution >= 0.6 is 11.6 Å². The van der Waals surface area contributed by atoms with Crippen molar-refractivity contribution in [3.05, 3.63) is 63.9 Å². The molecule has 0 aliphatic heterocycles. The molecule has 2 aromatic rings. The van der Waals surface area contributed by atoms with E-state index >= 15 is 0 Å². The van der Waals surface area contributed by atoms with Gasteiger partial charge in [0, 0.05) is 17.0 Å². The van der Waals surface area contributed by atoms with Crippen molar-refractivity contribution in [3.63, 3.8) is 0 Å². The zero-order chi connectivity index (χ0) is 13.8. The van der Waals surface area contributed by atoms with Gasteiger partial charge in [-0.25, -0.2) is 4.39 Å². The van der Waals surface area contributed by atoms with Gasteiger partial charge in [-0.05, 0) is 29.8 Å². The Labute approximate surface area is 115 Å². The van der Waals surface area contributed by atoms with Crippen molar-refractivity contribution >= 4 is 17.9 Å².